The minimum absolute atomic E-state index is 0.0760. The summed E-state index contributed by atoms with van der Waals surface area (Å²) in [6.45, 7) is 7.62. The first kappa shape index (κ1) is 14.4. The van der Waals surface area contributed by atoms with Crippen molar-refractivity contribution in [2.45, 2.75) is 26.8 Å². The molecule has 1 saturated heterocycles. The molecule has 5 nitrogen and oxygen atoms in total. The second-order valence-corrected chi connectivity index (χ2v) is 5.03. The van der Waals surface area contributed by atoms with E-state index in [0.29, 0.717) is 18.7 Å². The second-order valence-electron chi connectivity index (χ2n) is 5.03. The smallest absolute Gasteiger partial charge is 0.254 e. The summed E-state index contributed by atoms with van der Waals surface area (Å²) in [7, 11) is 0. The molecule has 2 N–H and O–H groups in total. The first-order valence-electron chi connectivity index (χ1n) is 6.97. The van der Waals surface area contributed by atoms with Crippen LogP contribution in [0.15, 0.2) is 18.2 Å². The van der Waals surface area contributed by atoms with E-state index in [-0.39, 0.29) is 11.8 Å². The Bertz CT molecular complexity index is 528. The van der Waals surface area contributed by atoms with Crippen LogP contribution in [-0.4, -0.2) is 42.4 Å². The molecular weight excluding hydrogens is 254 g/mol. The van der Waals surface area contributed by atoms with Crippen molar-refractivity contribution in [2.24, 2.45) is 0 Å². The first-order valence-corrected chi connectivity index (χ1v) is 6.97. The van der Waals surface area contributed by atoms with Gasteiger partial charge in [-0.15, -0.1) is 0 Å². The number of nitrogens with zero attached hydrogens (tertiary/aromatic N) is 1. The molecule has 0 bridgehead atoms. The molecule has 0 radical (unpaired) electrons. The van der Waals surface area contributed by atoms with Crippen molar-refractivity contribution in [1.29, 1.82) is 0 Å². The fourth-order valence-electron chi connectivity index (χ4n) is 2.43. The van der Waals surface area contributed by atoms with E-state index in [1.807, 2.05) is 32.0 Å². The van der Waals surface area contributed by atoms with Crippen LogP contribution in [-0.2, 0) is 4.79 Å². The predicted octanol–water partition coefficient (Wildman–Crippen LogP) is 1.39. The maximum Gasteiger partial charge on any atom is 0.254 e. The topological polar surface area (TPSA) is 61.4 Å². The lowest BCUT2D eigenvalue weighted by molar-refractivity contribution is -0.127. The van der Waals surface area contributed by atoms with Crippen molar-refractivity contribution in [3.8, 4) is 0 Å². The highest BCUT2D eigenvalue weighted by molar-refractivity contribution is 5.99. The lowest BCUT2D eigenvalue weighted by Gasteiger charge is -2.33. The van der Waals surface area contributed by atoms with Gasteiger partial charge in [0.1, 0.15) is 6.04 Å². The SMILES string of the molecule is CCNc1ccc(C(=O)N2CCNC(=O)C2C)c(C)c1. The fourth-order valence-corrected chi connectivity index (χ4v) is 2.43. The van der Waals surface area contributed by atoms with Crippen molar-refractivity contribution in [1.82, 2.24) is 10.2 Å². The number of hydrogen-bond acceptors (Lipinski definition) is 3. The average Bonchev–Trinajstić information content (AvgIpc) is 2.42. The molecule has 20 heavy (non-hydrogen) atoms. The normalized spacial score (nSPS) is 18.6. The number of anilines is 1. The Labute approximate surface area is 119 Å². The summed E-state index contributed by atoms with van der Waals surface area (Å²) in [4.78, 5) is 25.9. The molecular formula is C15H21N3O2. The molecule has 0 aliphatic carbocycles. The lowest BCUT2D eigenvalue weighted by Crippen LogP contribution is -2.55. The molecule has 1 aromatic carbocycles. The van der Waals surface area contributed by atoms with E-state index in [1.165, 1.54) is 0 Å². The lowest BCUT2D eigenvalue weighted by atomic mass is 10.0. The quantitative estimate of drug-likeness (QED) is 0.876. The van der Waals surface area contributed by atoms with Crippen molar-refractivity contribution in [3.05, 3.63) is 29.3 Å². The summed E-state index contributed by atoms with van der Waals surface area (Å²) in [6, 6.07) is 5.28. The molecule has 2 rings (SSSR count). The molecule has 2 amide bonds. The largest absolute Gasteiger partial charge is 0.385 e. The highest BCUT2D eigenvalue weighted by Crippen LogP contribution is 2.18. The monoisotopic (exact) mass is 275 g/mol. The van der Waals surface area contributed by atoms with E-state index >= 15 is 0 Å². The summed E-state index contributed by atoms with van der Waals surface area (Å²) in [6.07, 6.45) is 0. The zero-order chi connectivity index (χ0) is 14.7. The van der Waals surface area contributed by atoms with Crippen LogP contribution in [0.3, 0.4) is 0 Å². The Morgan fingerprint density at radius 2 is 2.25 bits per heavy atom. The average molecular weight is 275 g/mol. The number of carbonyl (C=O) groups is 2. The molecule has 1 unspecified atom stereocenters. The van der Waals surface area contributed by atoms with E-state index in [4.69, 9.17) is 0 Å². The van der Waals surface area contributed by atoms with E-state index < -0.39 is 6.04 Å². The zero-order valence-corrected chi connectivity index (χ0v) is 12.2. The number of amides is 2. The molecule has 108 valence electrons. The van der Waals surface area contributed by atoms with Crippen LogP contribution in [0, 0.1) is 6.92 Å². The van der Waals surface area contributed by atoms with Gasteiger partial charge >= 0.3 is 0 Å². The molecule has 1 aliphatic rings. The van der Waals surface area contributed by atoms with Gasteiger partial charge < -0.3 is 15.5 Å². The molecule has 5 heteroatoms. The molecule has 1 fully saturated rings. The van der Waals surface area contributed by atoms with Gasteiger partial charge in [0.05, 0.1) is 0 Å². The van der Waals surface area contributed by atoms with Gasteiger partial charge in [0.25, 0.3) is 5.91 Å². The van der Waals surface area contributed by atoms with Crippen molar-refractivity contribution in [3.63, 3.8) is 0 Å². The summed E-state index contributed by atoms with van der Waals surface area (Å²) in [5, 5.41) is 5.99. The third-order valence-corrected chi connectivity index (χ3v) is 3.60. The van der Waals surface area contributed by atoms with E-state index in [9.17, 15) is 9.59 Å². The van der Waals surface area contributed by atoms with Crippen LogP contribution >= 0.6 is 0 Å². The zero-order valence-electron chi connectivity index (χ0n) is 12.2. The molecule has 1 heterocycles. The van der Waals surface area contributed by atoms with Crippen molar-refractivity contribution < 1.29 is 9.59 Å². The van der Waals surface area contributed by atoms with Gasteiger partial charge in [0.15, 0.2) is 0 Å². The molecule has 0 spiro atoms. The molecule has 0 aromatic heterocycles. The van der Waals surface area contributed by atoms with Crippen LogP contribution < -0.4 is 10.6 Å². The van der Waals surface area contributed by atoms with Crippen molar-refractivity contribution >= 4 is 17.5 Å². The Hall–Kier alpha value is -2.04. The minimum atomic E-state index is -0.413. The third kappa shape index (κ3) is 2.76. The summed E-state index contributed by atoms with van der Waals surface area (Å²) >= 11 is 0. The number of rotatable bonds is 3. The standard InChI is InChI=1S/C15H21N3O2/c1-4-16-12-5-6-13(10(2)9-12)15(20)18-8-7-17-14(19)11(18)3/h5-6,9,11,16H,4,7-8H2,1-3H3,(H,17,19). The van der Waals surface area contributed by atoms with Crippen LogP contribution in [0.1, 0.15) is 29.8 Å². The predicted molar refractivity (Wildman–Crippen MR) is 78.9 cm³/mol. The number of aryl methyl sites for hydroxylation is 1. The second kappa shape index (κ2) is 5.94. The highest BCUT2D eigenvalue weighted by Gasteiger charge is 2.30. The van der Waals surface area contributed by atoms with Gasteiger partial charge in [0, 0.05) is 30.9 Å². The number of benzene rings is 1. The summed E-state index contributed by atoms with van der Waals surface area (Å²) < 4.78 is 0. The summed E-state index contributed by atoms with van der Waals surface area (Å²) in [5.74, 6) is -0.167. The van der Waals surface area contributed by atoms with Crippen LogP contribution in [0.5, 0.6) is 0 Å². The molecule has 1 aromatic rings. The first-order chi connectivity index (χ1) is 9.54. The molecule has 1 aliphatic heterocycles. The van der Waals surface area contributed by atoms with Gasteiger partial charge in [-0.05, 0) is 44.5 Å². The Morgan fingerprint density at radius 3 is 2.90 bits per heavy atom. The van der Waals surface area contributed by atoms with E-state index in [1.54, 1.807) is 11.8 Å². The highest BCUT2D eigenvalue weighted by atomic mass is 16.2. The van der Waals surface area contributed by atoms with Gasteiger partial charge in [-0.2, -0.15) is 0 Å². The Morgan fingerprint density at radius 1 is 1.50 bits per heavy atom. The maximum absolute atomic E-state index is 12.6. The van der Waals surface area contributed by atoms with Crippen LogP contribution in [0.25, 0.3) is 0 Å². The number of hydrogen-bond donors (Lipinski definition) is 2. The molecule has 1 atom stereocenters. The van der Waals surface area contributed by atoms with Crippen molar-refractivity contribution in [2.75, 3.05) is 25.0 Å². The van der Waals surface area contributed by atoms with E-state index in [0.717, 1.165) is 17.8 Å². The molecule has 0 saturated carbocycles. The summed E-state index contributed by atoms with van der Waals surface area (Å²) in [5.41, 5.74) is 2.59. The Balaban J connectivity index is 2.22. The number of nitrogens with one attached hydrogen (secondary N) is 2. The van der Waals surface area contributed by atoms with Gasteiger partial charge in [-0.25, -0.2) is 0 Å². The van der Waals surface area contributed by atoms with Crippen LogP contribution in [0.4, 0.5) is 5.69 Å². The number of piperazine rings is 1. The van der Waals surface area contributed by atoms with E-state index in [2.05, 4.69) is 10.6 Å². The maximum atomic E-state index is 12.6. The van der Waals surface area contributed by atoms with Gasteiger partial charge in [-0.3, -0.25) is 9.59 Å². The minimum Gasteiger partial charge on any atom is -0.385 e. The third-order valence-electron chi connectivity index (χ3n) is 3.60. The number of carbonyl (C=O) groups excluding carboxylic acids is 2. The van der Waals surface area contributed by atoms with Crippen LogP contribution in [0.2, 0.25) is 0 Å². The fraction of sp³-hybridized carbons (Fsp3) is 0.467. The van der Waals surface area contributed by atoms with Gasteiger partial charge in [-0.1, -0.05) is 0 Å². The Kier molecular flexibility index (Phi) is 4.27. The van der Waals surface area contributed by atoms with Gasteiger partial charge in [0.2, 0.25) is 5.91 Å².